The summed E-state index contributed by atoms with van der Waals surface area (Å²) in [6.07, 6.45) is 11.9. The van der Waals surface area contributed by atoms with Gasteiger partial charge in [-0.25, -0.2) is 0 Å². The van der Waals surface area contributed by atoms with Gasteiger partial charge in [0.05, 0.1) is 0 Å². The lowest BCUT2D eigenvalue weighted by molar-refractivity contribution is 0.164. The summed E-state index contributed by atoms with van der Waals surface area (Å²) in [5.41, 5.74) is 0.659. The Morgan fingerprint density at radius 1 is 1.23 bits per heavy atom. The molecular weight excluding hydrogens is 158 g/mol. The van der Waals surface area contributed by atoms with Gasteiger partial charge in [0.25, 0.3) is 0 Å². The van der Waals surface area contributed by atoms with Crippen LogP contribution in [0.5, 0.6) is 0 Å². The molecule has 0 bridgehead atoms. The zero-order chi connectivity index (χ0) is 9.15. The van der Waals surface area contributed by atoms with Crippen LogP contribution in [-0.2, 0) is 0 Å². The first-order valence-corrected chi connectivity index (χ1v) is 5.72. The maximum absolute atomic E-state index is 3.86. The second-order valence-corrected chi connectivity index (χ2v) is 4.70. The lowest BCUT2D eigenvalue weighted by Crippen LogP contribution is -2.37. The largest absolute Gasteiger partial charge is 0.313 e. The highest BCUT2D eigenvalue weighted by Crippen LogP contribution is 2.45. The average molecular weight is 179 g/mol. The summed E-state index contributed by atoms with van der Waals surface area (Å²) in [5, 5.41) is 3.65. The Hall–Kier alpha value is -0.300. The molecule has 0 aromatic rings. The van der Waals surface area contributed by atoms with Crippen LogP contribution in [0.4, 0.5) is 0 Å². The van der Waals surface area contributed by atoms with Crippen LogP contribution in [0.25, 0.3) is 0 Å². The summed E-state index contributed by atoms with van der Waals surface area (Å²) >= 11 is 0. The van der Waals surface area contributed by atoms with Gasteiger partial charge in [-0.1, -0.05) is 25.3 Å². The summed E-state index contributed by atoms with van der Waals surface area (Å²) < 4.78 is 0. The first-order valence-electron chi connectivity index (χ1n) is 5.72. The third kappa shape index (κ3) is 1.67. The summed E-state index contributed by atoms with van der Waals surface area (Å²) in [6.45, 7) is 5.10. The van der Waals surface area contributed by atoms with Gasteiger partial charge in [0.1, 0.15) is 0 Å². The van der Waals surface area contributed by atoms with Crippen molar-refractivity contribution in [1.82, 2.24) is 5.32 Å². The normalized spacial score (nSPS) is 32.2. The monoisotopic (exact) mass is 179 g/mol. The van der Waals surface area contributed by atoms with E-state index in [9.17, 15) is 0 Å². The van der Waals surface area contributed by atoms with E-state index in [2.05, 4.69) is 18.0 Å². The van der Waals surface area contributed by atoms with Crippen molar-refractivity contribution in [2.45, 2.75) is 51.0 Å². The zero-order valence-electron chi connectivity index (χ0n) is 8.52. The molecule has 2 aliphatic rings. The van der Waals surface area contributed by atoms with E-state index >= 15 is 0 Å². The fraction of sp³-hybridized carbons (Fsp3) is 0.833. The fourth-order valence-corrected chi connectivity index (χ4v) is 3.24. The van der Waals surface area contributed by atoms with E-state index in [1.165, 1.54) is 51.5 Å². The molecule has 2 rings (SSSR count). The summed E-state index contributed by atoms with van der Waals surface area (Å²) in [5.74, 6) is 0. The van der Waals surface area contributed by atoms with Crippen LogP contribution >= 0.6 is 0 Å². The van der Waals surface area contributed by atoms with Crippen LogP contribution in [0.1, 0.15) is 44.9 Å². The van der Waals surface area contributed by atoms with Crippen LogP contribution in [0.3, 0.4) is 0 Å². The maximum atomic E-state index is 3.86. The average Bonchev–Trinajstić information content (AvgIpc) is 2.52. The molecule has 0 radical (unpaired) electrons. The van der Waals surface area contributed by atoms with Gasteiger partial charge in [0.2, 0.25) is 0 Å². The lowest BCUT2D eigenvalue weighted by atomic mass is 9.68. The van der Waals surface area contributed by atoms with Crippen molar-refractivity contribution in [1.29, 1.82) is 0 Å². The molecule has 1 saturated carbocycles. The fourth-order valence-electron chi connectivity index (χ4n) is 3.24. The molecule has 1 unspecified atom stereocenters. The van der Waals surface area contributed by atoms with Crippen molar-refractivity contribution >= 4 is 0 Å². The molecule has 1 heteroatoms. The predicted molar refractivity (Wildman–Crippen MR) is 56.7 cm³/mol. The van der Waals surface area contributed by atoms with Gasteiger partial charge in [-0.3, -0.25) is 0 Å². The van der Waals surface area contributed by atoms with Crippen molar-refractivity contribution in [3.05, 3.63) is 12.7 Å². The summed E-state index contributed by atoms with van der Waals surface area (Å²) in [4.78, 5) is 0. The summed E-state index contributed by atoms with van der Waals surface area (Å²) in [7, 11) is 0. The summed E-state index contributed by atoms with van der Waals surface area (Å²) in [6, 6.07) is 0.741. The Morgan fingerprint density at radius 3 is 2.69 bits per heavy atom. The van der Waals surface area contributed by atoms with E-state index in [-0.39, 0.29) is 0 Å². The van der Waals surface area contributed by atoms with Gasteiger partial charge in [-0.05, 0) is 37.6 Å². The lowest BCUT2D eigenvalue weighted by Gasteiger charge is -2.38. The quantitative estimate of drug-likeness (QED) is 0.643. The zero-order valence-corrected chi connectivity index (χ0v) is 8.52. The van der Waals surface area contributed by atoms with Gasteiger partial charge in [-0.2, -0.15) is 0 Å². The Balaban J connectivity index is 2.04. The van der Waals surface area contributed by atoms with Crippen molar-refractivity contribution in [2.24, 2.45) is 5.41 Å². The molecular formula is C12H21N. The number of hydrogen-bond donors (Lipinski definition) is 1. The molecule has 1 atom stereocenters. The molecule has 0 aromatic heterocycles. The van der Waals surface area contributed by atoms with E-state index < -0.39 is 0 Å². The van der Waals surface area contributed by atoms with Crippen LogP contribution < -0.4 is 5.32 Å². The highest BCUT2D eigenvalue weighted by atomic mass is 15.0. The Kier molecular flexibility index (Phi) is 2.73. The van der Waals surface area contributed by atoms with Crippen molar-refractivity contribution in [3.8, 4) is 0 Å². The molecule has 1 N–H and O–H groups in total. The predicted octanol–water partition coefficient (Wildman–Crippen LogP) is 2.87. The second kappa shape index (κ2) is 3.83. The molecule has 1 heterocycles. The van der Waals surface area contributed by atoms with Crippen molar-refractivity contribution in [3.63, 3.8) is 0 Å². The number of rotatable bonds is 2. The molecule has 2 fully saturated rings. The molecule has 74 valence electrons. The van der Waals surface area contributed by atoms with Crippen molar-refractivity contribution in [2.75, 3.05) is 6.54 Å². The van der Waals surface area contributed by atoms with Crippen LogP contribution in [-0.4, -0.2) is 12.6 Å². The standard InChI is InChI=1S/C12H21N/c1-2-6-11-12(9-10-13-11)7-4-3-5-8-12/h2,11,13H,1,3-10H2. The van der Waals surface area contributed by atoms with Crippen LogP contribution in [0.2, 0.25) is 0 Å². The topological polar surface area (TPSA) is 12.0 Å². The molecule has 0 aromatic carbocycles. The Morgan fingerprint density at radius 2 is 2.00 bits per heavy atom. The minimum Gasteiger partial charge on any atom is -0.313 e. The van der Waals surface area contributed by atoms with E-state index in [1.54, 1.807) is 0 Å². The van der Waals surface area contributed by atoms with E-state index in [0.717, 1.165) is 6.04 Å². The smallest absolute Gasteiger partial charge is 0.0158 e. The highest BCUT2D eigenvalue weighted by Gasteiger charge is 2.42. The molecule has 1 nitrogen and oxygen atoms in total. The first-order chi connectivity index (χ1) is 6.37. The number of nitrogens with one attached hydrogen (secondary N) is 1. The van der Waals surface area contributed by atoms with Gasteiger partial charge < -0.3 is 5.32 Å². The second-order valence-electron chi connectivity index (χ2n) is 4.70. The van der Waals surface area contributed by atoms with E-state index in [0.29, 0.717) is 5.41 Å². The first kappa shape index (κ1) is 9.26. The third-order valence-electron chi connectivity index (χ3n) is 4.00. The number of hydrogen-bond acceptors (Lipinski definition) is 1. The van der Waals surface area contributed by atoms with Crippen molar-refractivity contribution < 1.29 is 0 Å². The molecule has 1 spiro atoms. The maximum Gasteiger partial charge on any atom is 0.0158 e. The van der Waals surface area contributed by atoms with Gasteiger partial charge in [-0.15, -0.1) is 6.58 Å². The van der Waals surface area contributed by atoms with Crippen LogP contribution in [0.15, 0.2) is 12.7 Å². The Labute approximate surface area is 81.6 Å². The molecule has 1 aliphatic carbocycles. The molecule has 1 aliphatic heterocycles. The minimum absolute atomic E-state index is 0.659. The molecule has 0 amide bonds. The Bertz CT molecular complexity index is 180. The third-order valence-corrected chi connectivity index (χ3v) is 4.00. The molecule has 13 heavy (non-hydrogen) atoms. The van der Waals surface area contributed by atoms with Gasteiger partial charge in [0.15, 0.2) is 0 Å². The van der Waals surface area contributed by atoms with Gasteiger partial charge in [0, 0.05) is 6.04 Å². The SMILES string of the molecule is C=CCC1NCCC12CCCCC2. The highest BCUT2D eigenvalue weighted by molar-refractivity contribution is 5.00. The van der Waals surface area contributed by atoms with E-state index in [1.807, 2.05) is 0 Å². The van der Waals surface area contributed by atoms with Gasteiger partial charge >= 0.3 is 0 Å². The van der Waals surface area contributed by atoms with Crippen LogP contribution in [0, 0.1) is 5.41 Å². The minimum atomic E-state index is 0.659. The van der Waals surface area contributed by atoms with E-state index in [4.69, 9.17) is 0 Å². The molecule has 1 saturated heterocycles.